The monoisotopic (exact) mass is 540 g/mol. The van der Waals surface area contributed by atoms with E-state index in [-0.39, 0.29) is 16.7 Å². The minimum atomic E-state index is -0.159. The Labute approximate surface area is 240 Å². The van der Waals surface area contributed by atoms with Crippen molar-refractivity contribution in [1.82, 2.24) is 9.55 Å². The van der Waals surface area contributed by atoms with Crippen molar-refractivity contribution in [1.29, 1.82) is 0 Å². The van der Waals surface area contributed by atoms with Gasteiger partial charge in [-0.3, -0.25) is 9.36 Å². The van der Waals surface area contributed by atoms with E-state index in [2.05, 4.69) is 56.9 Å². The second-order valence-electron chi connectivity index (χ2n) is 11.0. The van der Waals surface area contributed by atoms with Gasteiger partial charge in [0.25, 0.3) is 5.56 Å². The molecule has 5 rings (SSSR count). The molecule has 0 saturated heterocycles. The van der Waals surface area contributed by atoms with E-state index in [0.29, 0.717) is 22.5 Å². The summed E-state index contributed by atoms with van der Waals surface area (Å²) in [5, 5.41) is 10.7. The van der Waals surface area contributed by atoms with Crippen LogP contribution in [0.5, 0.6) is 11.5 Å². The zero-order valence-corrected chi connectivity index (χ0v) is 23.9. The van der Waals surface area contributed by atoms with Gasteiger partial charge in [-0.25, -0.2) is 4.98 Å². The average Bonchev–Trinajstić information content (AvgIpc) is 2.95. The van der Waals surface area contributed by atoms with Crippen LogP contribution in [0.3, 0.4) is 0 Å². The van der Waals surface area contributed by atoms with Gasteiger partial charge in [0.1, 0.15) is 5.82 Å². The molecule has 1 N–H and O–H groups in total. The lowest BCUT2D eigenvalue weighted by Crippen LogP contribution is -2.23. The van der Waals surface area contributed by atoms with Gasteiger partial charge in [0.15, 0.2) is 11.5 Å². The SMILES string of the molecule is COc1ccc(/C=C/c2nc3ccccc3c(=O)n2-c2ccc(C#Cc3ccc(C(C)(C)C)cc3)cc2C)cc1O. The predicted octanol–water partition coefficient (Wildman–Crippen LogP) is 7.28. The molecule has 1 heterocycles. The standard InChI is InChI=1S/C36H32N2O3/c1-24-22-26(11-10-25-12-17-28(18-13-25)36(2,3)4)14-19-31(24)38-34(37-30-9-7-6-8-29(30)35(38)40)21-16-27-15-20-33(41-5)32(39)23-27/h6-9,12-23,39H,1-5H3/b21-16+. The van der Waals surface area contributed by atoms with Gasteiger partial charge in [-0.2, -0.15) is 0 Å². The molecule has 0 aliphatic rings. The van der Waals surface area contributed by atoms with E-state index in [4.69, 9.17) is 9.72 Å². The molecule has 0 aliphatic heterocycles. The summed E-state index contributed by atoms with van der Waals surface area (Å²) in [6.45, 7) is 8.55. The lowest BCUT2D eigenvalue weighted by molar-refractivity contribution is 0.373. The molecule has 41 heavy (non-hydrogen) atoms. The lowest BCUT2D eigenvalue weighted by atomic mass is 9.87. The highest BCUT2D eigenvalue weighted by Crippen LogP contribution is 2.27. The largest absolute Gasteiger partial charge is 0.504 e. The fourth-order valence-electron chi connectivity index (χ4n) is 4.66. The highest BCUT2D eigenvalue weighted by Gasteiger charge is 2.14. The molecular formula is C36H32N2O3. The quantitative estimate of drug-likeness (QED) is 0.243. The van der Waals surface area contributed by atoms with Crippen LogP contribution in [0.15, 0.2) is 89.7 Å². The second-order valence-corrected chi connectivity index (χ2v) is 11.0. The summed E-state index contributed by atoms with van der Waals surface area (Å²) in [5.41, 5.74) is 6.00. The van der Waals surface area contributed by atoms with Gasteiger partial charge >= 0.3 is 0 Å². The molecule has 0 aliphatic carbocycles. The first-order valence-electron chi connectivity index (χ1n) is 13.4. The van der Waals surface area contributed by atoms with Crippen LogP contribution in [0.4, 0.5) is 0 Å². The van der Waals surface area contributed by atoms with E-state index >= 15 is 0 Å². The van der Waals surface area contributed by atoms with E-state index in [1.54, 1.807) is 28.8 Å². The van der Waals surface area contributed by atoms with E-state index in [1.165, 1.54) is 12.7 Å². The summed E-state index contributed by atoms with van der Waals surface area (Å²) in [6, 6.07) is 26.6. The number of ether oxygens (including phenoxy) is 1. The Morgan fingerprint density at radius 3 is 2.27 bits per heavy atom. The molecule has 0 unspecified atom stereocenters. The summed E-state index contributed by atoms with van der Waals surface area (Å²) in [7, 11) is 1.51. The van der Waals surface area contributed by atoms with Crippen LogP contribution in [0, 0.1) is 18.8 Å². The van der Waals surface area contributed by atoms with Crippen LogP contribution in [0.1, 0.15) is 54.4 Å². The Bertz CT molecular complexity index is 1900. The van der Waals surface area contributed by atoms with E-state index in [0.717, 1.165) is 27.9 Å². The maximum atomic E-state index is 13.7. The molecule has 204 valence electrons. The number of rotatable bonds is 4. The number of fused-ring (bicyclic) bond motifs is 1. The second kappa shape index (κ2) is 11.2. The molecule has 5 nitrogen and oxygen atoms in total. The Balaban J connectivity index is 1.54. The predicted molar refractivity (Wildman–Crippen MR) is 167 cm³/mol. The van der Waals surface area contributed by atoms with Crippen molar-refractivity contribution in [3.05, 3.63) is 129 Å². The first-order chi connectivity index (χ1) is 19.6. The first-order valence-corrected chi connectivity index (χ1v) is 13.4. The molecule has 4 aromatic carbocycles. The number of nitrogens with zero attached hydrogens (tertiary/aromatic N) is 2. The molecule has 0 bridgehead atoms. The fraction of sp³-hybridized carbons (Fsp3) is 0.167. The zero-order valence-electron chi connectivity index (χ0n) is 23.9. The van der Waals surface area contributed by atoms with Crippen molar-refractivity contribution in [2.75, 3.05) is 7.11 Å². The summed E-state index contributed by atoms with van der Waals surface area (Å²) in [4.78, 5) is 18.6. The minimum Gasteiger partial charge on any atom is -0.504 e. The molecule has 5 heteroatoms. The van der Waals surface area contributed by atoms with Gasteiger partial charge in [0.2, 0.25) is 0 Å². The third kappa shape index (κ3) is 5.92. The van der Waals surface area contributed by atoms with Crippen molar-refractivity contribution < 1.29 is 9.84 Å². The summed E-state index contributed by atoms with van der Waals surface area (Å²) < 4.78 is 6.77. The first kappa shape index (κ1) is 27.5. The lowest BCUT2D eigenvalue weighted by Gasteiger charge is -2.18. The van der Waals surface area contributed by atoms with Gasteiger partial charge in [0.05, 0.1) is 23.7 Å². The van der Waals surface area contributed by atoms with Crippen LogP contribution >= 0.6 is 0 Å². The van der Waals surface area contributed by atoms with Gasteiger partial charge < -0.3 is 9.84 Å². The minimum absolute atomic E-state index is 0.0381. The average molecular weight is 541 g/mol. The molecule has 0 amide bonds. The van der Waals surface area contributed by atoms with Crippen LogP contribution in [-0.2, 0) is 5.41 Å². The fourth-order valence-corrected chi connectivity index (χ4v) is 4.66. The Kier molecular flexibility index (Phi) is 7.50. The van der Waals surface area contributed by atoms with Crippen LogP contribution in [0.25, 0.3) is 28.7 Å². The van der Waals surface area contributed by atoms with Crippen LogP contribution < -0.4 is 10.3 Å². The maximum absolute atomic E-state index is 13.7. The van der Waals surface area contributed by atoms with E-state index < -0.39 is 0 Å². The number of aryl methyl sites for hydroxylation is 1. The van der Waals surface area contributed by atoms with Crippen molar-refractivity contribution >= 4 is 23.1 Å². The Morgan fingerprint density at radius 2 is 1.59 bits per heavy atom. The third-order valence-electron chi connectivity index (χ3n) is 6.97. The van der Waals surface area contributed by atoms with Crippen molar-refractivity contribution in [3.63, 3.8) is 0 Å². The summed E-state index contributed by atoms with van der Waals surface area (Å²) in [6.07, 6.45) is 3.59. The van der Waals surface area contributed by atoms with Gasteiger partial charge in [-0.15, -0.1) is 0 Å². The topological polar surface area (TPSA) is 64.3 Å². The van der Waals surface area contributed by atoms with Crippen molar-refractivity contribution in [3.8, 4) is 29.0 Å². The number of benzene rings is 4. The van der Waals surface area contributed by atoms with Crippen molar-refractivity contribution in [2.45, 2.75) is 33.1 Å². The third-order valence-corrected chi connectivity index (χ3v) is 6.97. The van der Waals surface area contributed by atoms with E-state index in [1.807, 2.05) is 55.5 Å². The van der Waals surface area contributed by atoms with Gasteiger partial charge in [-0.05, 0) is 89.7 Å². The number of phenolic OH excluding ortho intramolecular Hbond substituents is 1. The van der Waals surface area contributed by atoms with Gasteiger partial charge in [0, 0.05) is 11.1 Å². The van der Waals surface area contributed by atoms with Crippen LogP contribution in [0.2, 0.25) is 0 Å². The molecule has 5 aromatic rings. The molecule has 0 atom stereocenters. The smallest absolute Gasteiger partial charge is 0.266 e. The van der Waals surface area contributed by atoms with Crippen molar-refractivity contribution in [2.24, 2.45) is 0 Å². The molecule has 0 saturated carbocycles. The molecule has 0 fully saturated rings. The Morgan fingerprint density at radius 1 is 0.878 bits per heavy atom. The normalized spacial score (nSPS) is 11.4. The van der Waals surface area contributed by atoms with E-state index in [9.17, 15) is 9.90 Å². The summed E-state index contributed by atoms with van der Waals surface area (Å²) in [5.74, 6) is 7.42. The molecule has 0 spiro atoms. The number of phenols is 1. The Hall–Kier alpha value is -5.08. The van der Waals surface area contributed by atoms with Crippen LogP contribution in [-0.4, -0.2) is 21.8 Å². The molecule has 0 radical (unpaired) electrons. The highest BCUT2D eigenvalue weighted by molar-refractivity contribution is 5.80. The summed E-state index contributed by atoms with van der Waals surface area (Å²) >= 11 is 0. The number of hydrogen-bond donors (Lipinski definition) is 1. The molecular weight excluding hydrogens is 508 g/mol. The maximum Gasteiger partial charge on any atom is 0.266 e. The molecule has 1 aromatic heterocycles. The number of aromatic nitrogens is 2. The highest BCUT2D eigenvalue weighted by atomic mass is 16.5. The number of methoxy groups -OCH3 is 1. The number of para-hydroxylation sites is 1. The zero-order chi connectivity index (χ0) is 29.1. The van der Waals surface area contributed by atoms with Gasteiger partial charge in [-0.1, -0.05) is 69.0 Å². The number of aromatic hydroxyl groups is 1. The number of hydrogen-bond acceptors (Lipinski definition) is 4.